The summed E-state index contributed by atoms with van der Waals surface area (Å²) in [5, 5.41) is 5.69. The summed E-state index contributed by atoms with van der Waals surface area (Å²) in [5.74, 6) is -0.310. The zero-order chi connectivity index (χ0) is 29.8. The summed E-state index contributed by atoms with van der Waals surface area (Å²) in [5.41, 5.74) is 3.08. The van der Waals surface area contributed by atoms with E-state index in [0.29, 0.717) is 46.2 Å². The Balaban J connectivity index is 1.06. The molecule has 9 heteroatoms. The van der Waals surface area contributed by atoms with E-state index in [2.05, 4.69) is 10.6 Å². The van der Waals surface area contributed by atoms with Gasteiger partial charge in [-0.1, -0.05) is 36.4 Å². The first kappa shape index (κ1) is 27.9. The molecule has 0 aromatic heterocycles. The van der Waals surface area contributed by atoms with Gasteiger partial charge in [0.25, 0.3) is 17.7 Å². The molecule has 0 bridgehead atoms. The lowest BCUT2D eigenvalue weighted by Crippen LogP contribution is -2.36. The Bertz CT molecular complexity index is 1680. The van der Waals surface area contributed by atoms with Gasteiger partial charge < -0.3 is 20.1 Å². The fraction of sp³-hybridized carbons (Fsp3) is 0.176. The molecule has 1 atom stereocenters. The fourth-order valence-electron chi connectivity index (χ4n) is 5.16. The molecule has 2 aliphatic rings. The van der Waals surface area contributed by atoms with Crippen LogP contribution in [0.25, 0.3) is 0 Å². The highest BCUT2D eigenvalue weighted by Gasteiger charge is 2.37. The zero-order valence-corrected chi connectivity index (χ0v) is 23.2. The first-order valence-electron chi connectivity index (χ1n) is 14.1. The molecule has 1 saturated heterocycles. The van der Waals surface area contributed by atoms with E-state index in [1.54, 1.807) is 66.7 Å². The number of nitrogens with one attached hydrogen (secondary N) is 2. The average molecular weight is 576 g/mol. The second-order valence-corrected chi connectivity index (χ2v) is 10.4. The SMILES string of the molecule is O=C(Cc1ccccc1)Nc1ccc(C(=O)Nc2cccc(Oc3ccc4c(c3)C(=O)N(CC3CCCO3)C4=O)c2)cc1. The van der Waals surface area contributed by atoms with Gasteiger partial charge >= 0.3 is 0 Å². The lowest BCUT2D eigenvalue weighted by molar-refractivity contribution is -0.115. The number of nitrogens with zero attached hydrogens (tertiary/aromatic N) is 1. The fourth-order valence-corrected chi connectivity index (χ4v) is 5.16. The molecular formula is C34H29N3O6. The molecule has 2 N–H and O–H groups in total. The third kappa shape index (κ3) is 6.47. The van der Waals surface area contributed by atoms with E-state index in [9.17, 15) is 19.2 Å². The predicted molar refractivity (Wildman–Crippen MR) is 160 cm³/mol. The highest BCUT2D eigenvalue weighted by Crippen LogP contribution is 2.31. The number of hydrogen-bond donors (Lipinski definition) is 2. The van der Waals surface area contributed by atoms with Gasteiger partial charge in [0.2, 0.25) is 5.91 Å². The number of amides is 4. The lowest BCUT2D eigenvalue weighted by Gasteiger charge is -2.17. The van der Waals surface area contributed by atoms with Crippen molar-refractivity contribution in [2.45, 2.75) is 25.4 Å². The number of carbonyl (C=O) groups is 4. The van der Waals surface area contributed by atoms with Crippen LogP contribution >= 0.6 is 0 Å². The molecule has 2 aliphatic heterocycles. The lowest BCUT2D eigenvalue weighted by atomic mass is 10.1. The van der Waals surface area contributed by atoms with Crippen molar-refractivity contribution in [3.05, 3.63) is 119 Å². The summed E-state index contributed by atoms with van der Waals surface area (Å²) < 4.78 is 11.6. The van der Waals surface area contributed by atoms with Crippen LogP contribution in [0.3, 0.4) is 0 Å². The second-order valence-electron chi connectivity index (χ2n) is 10.4. The van der Waals surface area contributed by atoms with Crippen LogP contribution in [0, 0.1) is 0 Å². The minimum Gasteiger partial charge on any atom is -0.457 e. The van der Waals surface area contributed by atoms with Crippen molar-refractivity contribution in [1.82, 2.24) is 4.90 Å². The Kier molecular flexibility index (Phi) is 7.97. The van der Waals surface area contributed by atoms with Gasteiger partial charge in [0.05, 0.1) is 30.2 Å². The Morgan fingerprint density at radius 2 is 1.56 bits per heavy atom. The van der Waals surface area contributed by atoms with Crippen LogP contribution in [0.1, 0.15) is 49.5 Å². The first-order chi connectivity index (χ1) is 20.9. The second kappa shape index (κ2) is 12.3. The van der Waals surface area contributed by atoms with Crippen molar-refractivity contribution in [3.8, 4) is 11.5 Å². The van der Waals surface area contributed by atoms with Crippen LogP contribution in [-0.4, -0.2) is 47.8 Å². The van der Waals surface area contributed by atoms with E-state index in [0.717, 1.165) is 18.4 Å². The van der Waals surface area contributed by atoms with Crippen molar-refractivity contribution >= 4 is 35.0 Å². The monoisotopic (exact) mass is 575 g/mol. The van der Waals surface area contributed by atoms with Gasteiger partial charge in [-0.05, 0) is 73.0 Å². The third-order valence-corrected chi connectivity index (χ3v) is 7.32. The maximum Gasteiger partial charge on any atom is 0.261 e. The largest absolute Gasteiger partial charge is 0.457 e. The maximum absolute atomic E-state index is 13.0. The molecule has 216 valence electrons. The molecule has 4 aromatic carbocycles. The standard InChI is InChI=1S/C34H29N3O6/c38-31(18-22-6-2-1-3-7-22)35-24-13-11-23(12-14-24)32(39)36-25-8-4-9-26(19-25)43-27-15-16-29-30(20-27)34(41)37(33(29)40)21-28-10-5-17-42-28/h1-4,6-9,11-16,19-20,28H,5,10,17-18,21H2,(H,35,38)(H,36,39). The summed E-state index contributed by atoms with van der Waals surface area (Å²) in [6.45, 7) is 0.892. The summed E-state index contributed by atoms with van der Waals surface area (Å²) in [4.78, 5) is 52.3. The molecule has 9 nitrogen and oxygen atoms in total. The maximum atomic E-state index is 13.0. The number of carbonyl (C=O) groups excluding carboxylic acids is 4. The molecule has 2 heterocycles. The minimum absolute atomic E-state index is 0.125. The highest BCUT2D eigenvalue weighted by molar-refractivity contribution is 6.21. The molecular weight excluding hydrogens is 546 g/mol. The van der Waals surface area contributed by atoms with Crippen molar-refractivity contribution in [3.63, 3.8) is 0 Å². The van der Waals surface area contributed by atoms with E-state index in [1.165, 1.54) is 4.90 Å². The van der Waals surface area contributed by atoms with E-state index >= 15 is 0 Å². The molecule has 0 radical (unpaired) electrons. The molecule has 1 unspecified atom stereocenters. The summed E-state index contributed by atoms with van der Waals surface area (Å²) >= 11 is 0. The van der Waals surface area contributed by atoms with E-state index in [1.807, 2.05) is 30.3 Å². The van der Waals surface area contributed by atoms with Gasteiger partial charge in [0.1, 0.15) is 11.5 Å². The summed E-state index contributed by atoms with van der Waals surface area (Å²) in [6, 6.07) is 27.8. The van der Waals surface area contributed by atoms with Crippen LogP contribution in [-0.2, 0) is 16.0 Å². The summed E-state index contributed by atoms with van der Waals surface area (Å²) in [6.07, 6.45) is 1.88. The molecule has 6 rings (SSSR count). The van der Waals surface area contributed by atoms with Gasteiger partial charge in [-0.3, -0.25) is 24.1 Å². The minimum atomic E-state index is -0.358. The van der Waals surface area contributed by atoms with Crippen molar-refractivity contribution < 1.29 is 28.7 Å². The van der Waals surface area contributed by atoms with Gasteiger partial charge in [0.15, 0.2) is 0 Å². The highest BCUT2D eigenvalue weighted by atomic mass is 16.5. The molecule has 0 spiro atoms. The predicted octanol–water partition coefficient (Wildman–Crippen LogP) is 5.69. The van der Waals surface area contributed by atoms with Crippen LogP contribution in [0.5, 0.6) is 11.5 Å². The van der Waals surface area contributed by atoms with Gasteiger partial charge in [0, 0.05) is 29.6 Å². The molecule has 43 heavy (non-hydrogen) atoms. The Labute approximate surface area is 248 Å². The number of imide groups is 1. The van der Waals surface area contributed by atoms with Crippen LogP contribution in [0.2, 0.25) is 0 Å². The normalized spacial score (nSPS) is 15.7. The van der Waals surface area contributed by atoms with Gasteiger partial charge in [-0.15, -0.1) is 0 Å². The molecule has 0 saturated carbocycles. The summed E-state index contributed by atoms with van der Waals surface area (Å²) in [7, 11) is 0. The van der Waals surface area contributed by atoms with Crippen LogP contribution in [0.4, 0.5) is 11.4 Å². The number of anilines is 2. The Morgan fingerprint density at radius 1 is 0.791 bits per heavy atom. The molecule has 1 fully saturated rings. The molecule has 0 aliphatic carbocycles. The third-order valence-electron chi connectivity index (χ3n) is 7.32. The Morgan fingerprint density at radius 3 is 2.33 bits per heavy atom. The van der Waals surface area contributed by atoms with Crippen molar-refractivity contribution in [2.75, 3.05) is 23.8 Å². The van der Waals surface area contributed by atoms with Crippen molar-refractivity contribution in [1.29, 1.82) is 0 Å². The number of fused-ring (bicyclic) bond motifs is 1. The number of ether oxygens (including phenoxy) is 2. The van der Waals surface area contributed by atoms with Crippen LogP contribution < -0.4 is 15.4 Å². The molecule has 4 amide bonds. The average Bonchev–Trinajstić information content (AvgIpc) is 3.61. The smallest absolute Gasteiger partial charge is 0.261 e. The first-order valence-corrected chi connectivity index (χ1v) is 14.1. The number of hydrogen-bond acceptors (Lipinski definition) is 6. The molecule has 4 aromatic rings. The quantitative estimate of drug-likeness (QED) is 0.248. The van der Waals surface area contributed by atoms with E-state index < -0.39 is 0 Å². The van der Waals surface area contributed by atoms with Gasteiger partial charge in [-0.2, -0.15) is 0 Å². The van der Waals surface area contributed by atoms with Crippen LogP contribution in [0.15, 0.2) is 97.1 Å². The van der Waals surface area contributed by atoms with Crippen molar-refractivity contribution in [2.24, 2.45) is 0 Å². The van der Waals surface area contributed by atoms with Gasteiger partial charge in [-0.25, -0.2) is 0 Å². The van der Waals surface area contributed by atoms with E-state index in [4.69, 9.17) is 9.47 Å². The number of benzene rings is 4. The number of rotatable bonds is 9. The zero-order valence-electron chi connectivity index (χ0n) is 23.2. The van der Waals surface area contributed by atoms with E-state index in [-0.39, 0.29) is 42.7 Å². The topological polar surface area (TPSA) is 114 Å². The Hall–Kier alpha value is -5.28.